The Hall–Kier alpha value is -1.29. The molecule has 4 nitrogen and oxygen atoms in total. The molecule has 1 aromatic rings. The third kappa shape index (κ3) is 3.38. The van der Waals surface area contributed by atoms with Crippen LogP contribution in [0.5, 0.6) is 0 Å². The van der Waals surface area contributed by atoms with E-state index in [2.05, 4.69) is 4.98 Å². The van der Waals surface area contributed by atoms with E-state index in [0.29, 0.717) is 11.7 Å². The molecule has 1 aromatic heterocycles. The van der Waals surface area contributed by atoms with Crippen LogP contribution in [0, 0.1) is 0 Å². The average Bonchev–Trinajstić information content (AvgIpc) is 2.76. The normalized spacial score (nSPS) is 19.6. The first-order valence-corrected chi connectivity index (χ1v) is 6.86. The fraction of sp³-hybridized carbons (Fsp3) is 0.571. The van der Waals surface area contributed by atoms with Gasteiger partial charge in [0.05, 0.1) is 6.04 Å². The van der Waals surface area contributed by atoms with Crippen LogP contribution < -0.4 is 0 Å². The molecule has 0 radical (unpaired) electrons. The van der Waals surface area contributed by atoms with Gasteiger partial charge in [-0.15, -0.1) is 0 Å². The van der Waals surface area contributed by atoms with E-state index in [9.17, 15) is 4.79 Å². The van der Waals surface area contributed by atoms with Crippen LogP contribution in [0.3, 0.4) is 0 Å². The molecule has 1 fully saturated rings. The maximum atomic E-state index is 12.2. The Balaban J connectivity index is 2.18. The highest BCUT2D eigenvalue weighted by Crippen LogP contribution is 2.35. The molecular weight excluding hydrogens is 264 g/mol. The van der Waals surface area contributed by atoms with E-state index in [1.807, 2.05) is 32.9 Å². The van der Waals surface area contributed by atoms with Gasteiger partial charge in [-0.2, -0.15) is 0 Å². The zero-order valence-corrected chi connectivity index (χ0v) is 12.3. The zero-order chi connectivity index (χ0) is 14.0. The molecule has 0 saturated carbocycles. The van der Waals surface area contributed by atoms with Gasteiger partial charge >= 0.3 is 6.09 Å². The molecule has 19 heavy (non-hydrogen) atoms. The Bertz CT molecular complexity index is 471. The van der Waals surface area contributed by atoms with E-state index in [0.717, 1.165) is 18.4 Å². The smallest absolute Gasteiger partial charge is 0.410 e. The molecule has 1 amide bonds. The Morgan fingerprint density at radius 1 is 1.53 bits per heavy atom. The van der Waals surface area contributed by atoms with Crippen LogP contribution in [0.1, 0.15) is 45.2 Å². The van der Waals surface area contributed by atoms with Crippen molar-refractivity contribution in [2.75, 3.05) is 6.54 Å². The minimum absolute atomic E-state index is 0.0314. The summed E-state index contributed by atoms with van der Waals surface area (Å²) >= 11 is 6.12. The van der Waals surface area contributed by atoms with Crippen LogP contribution in [0.25, 0.3) is 0 Å². The number of carbonyl (C=O) groups excluding carboxylic acids is 1. The number of nitrogens with zero attached hydrogens (tertiary/aromatic N) is 2. The maximum Gasteiger partial charge on any atom is 0.410 e. The summed E-state index contributed by atoms with van der Waals surface area (Å²) in [5, 5.41) is 0.461. The first kappa shape index (κ1) is 14.1. The van der Waals surface area contributed by atoms with Gasteiger partial charge in [0.15, 0.2) is 0 Å². The summed E-state index contributed by atoms with van der Waals surface area (Å²) in [5.74, 6) is 0. The van der Waals surface area contributed by atoms with Crippen molar-refractivity contribution in [1.82, 2.24) is 9.88 Å². The first-order valence-electron chi connectivity index (χ1n) is 6.48. The standard InChI is InChI=1S/C14H19ClN2O2/c1-14(2,3)19-13(18)17-9-5-7-11(17)10-6-4-8-16-12(10)15/h4,6,8,11H,5,7,9H2,1-3H3. The molecule has 2 rings (SSSR count). The van der Waals surface area contributed by atoms with E-state index >= 15 is 0 Å². The summed E-state index contributed by atoms with van der Waals surface area (Å²) < 4.78 is 5.44. The van der Waals surface area contributed by atoms with Gasteiger partial charge < -0.3 is 9.64 Å². The van der Waals surface area contributed by atoms with E-state index < -0.39 is 5.60 Å². The second kappa shape index (κ2) is 5.37. The number of ether oxygens (including phenoxy) is 1. The van der Waals surface area contributed by atoms with E-state index in [4.69, 9.17) is 16.3 Å². The molecule has 1 saturated heterocycles. The van der Waals surface area contributed by atoms with Gasteiger partial charge in [0.25, 0.3) is 0 Å². The third-order valence-electron chi connectivity index (χ3n) is 3.03. The summed E-state index contributed by atoms with van der Waals surface area (Å²) in [5.41, 5.74) is 0.413. The Morgan fingerprint density at radius 2 is 2.26 bits per heavy atom. The summed E-state index contributed by atoms with van der Waals surface area (Å²) in [6.07, 6.45) is 3.22. The van der Waals surface area contributed by atoms with Crippen LogP contribution >= 0.6 is 11.6 Å². The number of carbonyl (C=O) groups is 1. The van der Waals surface area contributed by atoms with Gasteiger partial charge in [-0.05, 0) is 39.7 Å². The summed E-state index contributed by atoms with van der Waals surface area (Å²) in [7, 11) is 0. The monoisotopic (exact) mass is 282 g/mol. The van der Waals surface area contributed by atoms with Gasteiger partial charge in [0.2, 0.25) is 0 Å². The van der Waals surface area contributed by atoms with Crippen LogP contribution in [-0.2, 0) is 4.74 Å². The SMILES string of the molecule is CC(C)(C)OC(=O)N1CCCC1c1cccnc1Cl. The molecule has 0 aliphatic carbocycles. The van der Waals surface area contributed by atoms with Crippen molar-refractivity contribution in [2.45, 2.75) is 45.3 Å². The van der Waals surface area contributed by atoms with E-state index in [1.165, 1.54) is 0 Å². The lowest BCUT2D eigenvalue weighted by Crippen LogP contribution is -2.36. The van der Waals surface area contributed by atoms with Crippen molar-refractivity contribution in [3.8, 4) is 0 Å². The summed E-state index contributed by atoms with van der Waals surface area (Å²) in [4.78, 5) is 18.0. The molecule has 0 aromatic carbocycles. The van der Waals surface area contributed by atoms with Crippen molar-refractivity contribution in [3.05, 3.63) is 29.0 Å². The lowest BCUT2D eigenvalue weighted by atomic mass is 10.1. The van der Waals surface area contributed by atoms with Gasteiger partial charge in [-0.1, -0.05) is 17.7 Å². The van der Waals surface area contributed by atoms with Crippen molar-refractivity contribution in [3.63, 3.8) is 0 Å². The number of rotatable bonds is 1. The second-order valence-electron chi connectivity index (χ2n) is 5.72. The zero-order valence-electron chi connectivity index (χ0n) is 11.5. The van der Waals surface area contributed by atoms with E-state index in [1.54, 1.807) is 11.1 Å². The minimum atomic E-state index is -0.483. The molecule has 1 unspecified atom stereocenters. The number of pyridine rings is 1. The lowest BCUT2D eigenvalue weighted by Gasteiger charge is -2.29. The predicted octanol–water partition coefficient (Wildman–Crippen LogP) is 3.81. The fourth-order valence-electron chi connectivity index (χ4n) is 2.28. The first-order chi connectivity index (χ1) is 8.88. The largest absolute Gasteiger partial charge is 0.444 e. The number of hydrogen-bond donors (Lipinski definition) is 0. The number of aromatic nitrogens is 1. The van der Waals surface area contributed by atoms with Crippen molar-refractivity contribution in [1.29, 1.82) is 0 Å². The van der Waals surface area contributed by atoms with Crippen LogP contribution in [0.15, 0.2) is 18.3 Å². The molecule has 0 bridgehead atoms. The molecule has 0 N–H and O–H groups in total. The third-order valence-corrected chi connectivity index (χ3v) is 3.34. The quantitative estimate of drug-likeness (QED) is 0.736. The molecule has 104 valence electrons. The molecule has 0 spiro atoms. The molecule has 5 heteroatoms. The van der Waals surface area contributed by atoms with Gasteiger partial charge in [-0.3, -0.25) is 0 Å². The number of amides is 1. The van der Waals surface area contributed by atoms with Gasteiger partial charge in [0.1, 0.15) is 10.8 Å². The average molecular weight is 283 g/mol. The lowest BCUT2D eigenvalue weighted by molar-refractivity contribution is 0.0224. The Labute approximate surface area is 118 Å². The van der Waals surface area contributed by atoms with Gasteiger partial charge in [-0.25, -0.2) is 9.78 Å². The van der Waals surface area contributed by atoms with Crippen molar-refractivity contribution >= 4 is 17.7 Å². The molecule has 1 atom stereocenters. The van der Waals surface area contributed by atoms with Crippen molar-refractivity contribution in [2.24, 2.45) is 0 Å². The molecular formula is C14H19ClN2O2. The van der Waals surface area contributed by atoms with Crippen LogP contribution in [0.2, 0.25) is 5.15 Å². The highest BCUT2D eigenvalue weighted by atomic mass is 35.5. The van der Waals surface area contributed by atoms with E-state index in [-0.39, 0.29) is 12.1 Å². The van der Waals surface area contributed by atoms with Crippen molar-refractivity contribution < 1.29 is 9.53 Å². The summed E-state index contributed by atoms with van der Waals surface area (Å²) in [6.45, 7) is 6.30. The highest BCUT2D eigenvalue weighted by molar-refractivity contribution is 6.30. The number of hydrogen-bond acceptors (Lipinski definition) is 3. The minimum Gasteiger partial charge on any atom is -0.444 e. The molecule has 2 heterocycles. The fourth-order valence-corrected chi connectivity index (χ4v) is 2.52. The molecule has 1 aliphatic heterocycles. The Morgan fingerprint density at radius 3 is 2.89 bits per heavy atom. The predicted molar refractivity (Wildman–Crippen MR) is 74.2 cm³/mol. The van der Waals surface area contributed by atoms with Gasteiger partial charge in [0, 0.05) is 18.3 Å². The van der Waals surface area contributed by atoms with Crippen LogP contribution in [-0.4, -0.2) is 28.1 Å². The van der Waals surface area contributed by atoms with Crippen LogP contribution in [0.4, 0.5) is 4.79 Å². The topological polar surface area (TPSA) is 42.4 Å². The maximum absolute atomic E-state index is 12.2. The second-order valence-corrected chi connectivity index (χ2v) is 6.07. The Kier molecular flexibility index (Phi) is 3.99. The molecule has 1 aliphatic rings. The number of halogens is 1. The summed E-state index contributed by atoms with van der Waals surface area (Å²) in [6, 6.07) is 3.73. The highest BCUT2D eigenvalue weighted by Gasteiger charge is 2.34. The number of likely N-dealkylation sites (tertiary alicyclic amines) is 1.